The van der Waals surface area contributed by atoms with E-state index in [9.17, 15) is 9.59 Å². The zero-order valence-electron chi connectivity index (χ0n) is 7.70. The number of hydrogen-bond acceptors (Lipinski definition) is 4. The van der Waals surface area contributed by atoms with Crippen molar-refractivity contribution in [1.82, 2.24) is 5.32 Å². The molecule has 1 saturated heterocycles. The van der Waals surface area contributed by atoms with Crippen molar-refractivity contribution in [3.8, 4) is 0 Å². The molecule has 1 N–H and O–H groups in total. The molecule has 1 fully saturated rings. The maximum atomic E-state index is 11.4. The van der Waals surface area contributed by atoms with Crippen molar-refractivity contribution in [3.05, 3.63) is 0 Å². The van der Waals surface area contributed by atoms with Crippen molar-refractivity contribution in [2.24, 2.45) is 0 Å². The van der Waals surface area contributed by atoms with E-state index in [2.05, 4.69) is 5.32 Å². The van der Waals surface area contributed by atoms with Gasteiger partial charge >= 0.3 is 0 Å². The number of thioether (sulfide) groups is 2. The smallest absolute Gasteiger partial charge is 0.233 e. The Morgan fingerprint density at radius 1 is 1.77 bits per heavy atom. The normalized spacial score (nSPS) is 24.5. The van der Waals surface area contributed by atoms with Crippen LogP contribution in [0.15, 0.2) is 0 Å². The Morgan fingerprint density at radius 3 is 2.92 bits per heavy atom. The molecule has 0 radical (unpaired) electrons. The molecule has 2 unspecified atom stereocenters. The predicted molar refractivity (Wildman–Crippen MR) is 57.0 cm³/mol. The molecule has 0 bridgehead atoms. The first-order chi connectivity index (χ1) is 6.15. The molecule has 1 aliphatic heterocycles. The summed E-state index contributed by atoms with van der Waals surface area (Å²) in [5, 5.41) is 2.78. The van der Waals surface area contributed by atoms with Gasteiger partial charge in [0.05, 0.1) is 11.3 Å². The Labute approximate surface area is 86.4 Å². The third-order valence-electron chi connectivity index (χ3n) is 1.97. The largest absolute Gasteiger partial charge is 0.344 e. The SMILES string of the molecule is CSC(C)C(=O)NC1CCSC1=O. The van der Waals surface area contributed by atoms with Crippen LogP contribution in [0.2, 0.25) is 0 Å². The second kappa shape index (κ2) is 4.91. The van der Waals surface area contributed by atoms with Gasteiger partial charge in [-0.2, -0.15) is 11.8 Å². The first kappa shape index (κ1) is 10.9. The van der Waals surface area contributed by atoms with Gasteiger partial charge in [0.15, 0.2) is 0 Å². The fourth-order valence-electron chi connectivity index (χ4n) is 1.02. The summed E-state index contributed by atoms with van der Waals surface area (Å²) < 4.78 is 0. The molecule has 1 rings (SSSR count). The van der Waals surface area contributed by atoms with Crippen molar-refractivity contribution in [2.45, 2.75) is 24.6 Å². The third-order valence-corrected chi connectivity index (χ3v) is 3.90. The second-order valence-electron chi connectivity index (χ2n) is 2.90. The maximum absolute atomic E-state index is 11.4. The molecule has 1 heterocycles. The Kier molecular flexibility index (Phi) is 4.12. The first-order valence-corrected chi connectivity index (χ1v) is 6.42. The zero-order chi connectivity index (χ0) is 9.84. The lowest BCUT2D eigenvalue weighted by Crippen LogP contribution is -2.41. The summed E-state index contributed by atoms with van der Waals surface area (Å²) in [7, 11) is 0. The number of rotatable bonds is 3. The summed E-state index contributed by atoms with van der Waals surface area (Å²) in [5.74, 6) is 0.797. The summed E-state index contributed by atoms with van der Waals surface area (Å²) >= 11 is 2.79. The Balaban J connectivity index is 2.39. The van der Waals surface area contributed by atoms with Crippen LogP contribution in [0.1, 0.15) is 13.3 Å². The minimum Gasteiger partial charge on any atom is -0.344 e. The minimum absolute atomic E-state index is 0.0339. The van der Waals surface area contributed by atoms with E-state index in [1.54, 1.807) is 0 Å². The molecule has 2 atom stereocenters. The van der Waals surface area contributed by atoms with Crippen LogP contribution in [0.5, 0.6) is 0 Å². The van der Waals surface area contributed by atoms with Gasteiger partial charge in [-0.3, -0.25) is 9.59 Å². The molecule has 0 spiro atoms. The van der Waals surface area contributed by atoms with Gasteiger partial charge in [-0.1, -0.05) is 11.8 Å². The van der Waals surface area contributed by atoms with E-state index in [1.807, 2.05) is 13.2 Å². The Bertz CT molecular complexity index is 220. The van der Waals surface area contributed by atoms with E-state index < -0.39 is 0 Å². The molecular formula is C8H13NO2S2. The third kappa shape index (κ3) is 2.91. The van der Waals surface area contributed by atoms with Crippen LogP contribution in [0.3, 0.4) is 0 Å². The van der Waals surface area contributed by atoms with Gasteiger partial charge in [-0.25, -0.2) is 0 Å². The van der Waals surface area contributed by atoms with Crippen molar-refractivity contribution in [1.29, 1.82) is 0 Å². The van der Waals surface area contributed by atoms with Gasteiger partial charge in [-0.15, -0.1) is 0 Å². The number of nitrogens with one attached hydrogen (secondary N) is 1. The van der Waals surface area contributed by atoms with Crippen LogP contribution in [0.4, 0.5) is 0 Å². The summed E-state index contributed by atoms with van der Waals surface area (Å²) in [6, 6.07) is -0.243. The van der Waals surface area contributed by atoms with E-state index in [-0.39, 0.29) is 22.3 Å². The van der Waals surface area contributed by atoms with Crippen LogP contribution >= 0.6 is 23.5 Å². The van der Waals surface area contributed by atoms with Gasteiger partial charge in [0.2, 0.25) is 11.0 Å². The fourth-order valence-corrected chi connectivity index (χ4v) is 2.24. The average molecular weight is 219 g/mol. The quantitative estimate of drug-likeness (QED) is 0.765. The van der Waals surface area contributed by atoms with Crippen LogP contribution in [-0.4, -0.2) is 34.3 Å². The van der Waals surface area contributed by atoms with Gasteiger partial charge < -0.3 is 5.32 Å². The number of amides is 1. The highest BCUT2D eigenvalue weighted by Gasteiger charge is 2.27. The standard InChI is InChI=1S/C8H13NO2S2/c1-5(12-2)7(10)9-6-3-4-13-8(6)11/h5-6H,3-4H2,1-2H3,(H,9,10). The first-order valence-electron chi connectivity index (χ1n) is 4.15. The number of carbonyl (C=O) groups excluding carboxylic acids is 2. The van der Waals surface area contributed by atoms with Gasteiger partial charge in [-0.05, 0) is 19.6 Å². The molecule has 1 aliphatic rings. The molecule has 13 heavy (non-hydrogen) atoms. The molecule has 5 heteroatoms. The summed E-state index contributed by atoms with van der Waals surface area (Å²) in [4.78, 5) is 22.5. The summed E-state index contributed by atoms with van der Waals surface area (Å²) in [5.41, 5.74) is 0. The summed E-state index contributed by atoms with van der Waals surface area (Å²) in [6.45, 7) is 1.84. The lowest BCUT2D eigenvalue weighted by molar-refractivity contribution is -0.123. The van der Waals surface area contributed by atoms with Crippen LogP contribution in [-0.2, 0) is 9.59 Å². The highest BCUT2D eigenvalue weighted by molar-refractivity contribution is 8.14. The van der Waals surface area contributed by atoms with Gasteiger partial charge in [0, 0.05) is 5.75 Å². The molecule has 3 nitrogen and oxygen atoms in total. The van der Waals surface area contributed by atoms with Gasteiger partial charge in [0.1, 0.15) is 0 Å². The van der Waals surface area contributed by atoms with Gasteiger partial charge in [0.25, 0.3) is 0 Å². The molecule has 74 valence electrons. The van der Waals surface area contributed by atoms with E-state index >= 15 is 0 Å². The van der Waals surface area contributed by atoms with Crippen molar-refractivity contribution >= 4 is 34.5 Å². The monoisotopic (exact) mass is 219 g/mol. The molecule has 0 aliphatic carbocycles. The highest BCUT2D eigenvalue weighted by atomic mass is 32.2. The summed E-state index contributed by atoms with van der Waals surface area (Å²) in [6.07, 6.45) is 2.66. The Hall–Kier alpha value is -0.160. The highest BCUT2D eigenvalue weighted by Crippen LogP contribution is 2.19. The lowest BCUT2D eigenvalue weighted by atomic mass is 10.2. The molecule has 0 aromatic rings. The second-order valence-corrected chi connectivity index (χ2v) is 5.17. The van der Waals surface area contributed by atoms with Crippen molar-refractivity contribution < 1.29 is 9.59 Å². The molecular weight excluding hydrogens is 206 g/mol. The lowest BCUT2D eigenvalue weighted by Gasteiger charge is -2.13. The fraction of sp³-hybridized carbons (Fsp3) is 0.750. The maximum Gasteiger partial charge on any atom is 0.233 e. The van der Waals surface area contributed by atoms with E-state index in [4.69, 9.17) is 0 Å². The van der Waals surface area contributed by atoms with Crippen LogP contribution in [0.25, 0.3) is 0 Å². The minimum atomic E-state index is -0.243. The molecule has 1 amide bonds. The Morgan fingerprint density at radius 2 is 2.46 bits per heavy atom. The topological polar surface area (TPSA) is 46.2 Å². The van der Waals surface area contributed by atoms with E-state index in [0.29, 0.717) is 0 Å². The average Bonchev–Trinajstić information content (AvgIpc) is 2.50. The van der Waals surface area contributed by atoms with Crippen molar-refractivity contribution in [2.75, 3.05) is 12.0 Å². The van der Waals surface area contributed by atoms with Crippen LogP contribution in [0, 0.1) is 0 Å². The van der Waals surface area contributed by atoms with E-state index in [0.717, 1.165) is 12.2 Å². The van der Waals surface area contributed by atoms with Crippen LogP contribution < -0.4 is 5.32 Å². The van der Waals surface area contributed by atoms with Crippen molar-refractivity contribution in [3.63, 3.8) is 0 Å². The number of hydrogen-bond donors (Lipinski definition) is 1. The zero-order valence-corrected chi connectivity index (χ0v) is 9.33. The number of carbonyl (C=O) groups is 2. The molecule has 0 aromatic carbocycles. The van der Waals surface area contributed by atoms with E-state index in [1.165, 1.54) is 23.5 Å². The molecule has 0 aromatic heterocycles. The molecule has 0 saturated carbocycles. The predicted octanol–water partition coefficient (Wildman–Crippen LogP) is 0.886.